The summed E-state index contributed by atoms with van der Waals surface area (Å²) in [7, 11) is 0. The number of carbonyl (C=O) groups excluding carboxylic acids is 2. The van der Waals surface area contributed by atoms with Gasteiger partial charge in [0.05, 0.1) is 17.8 Å². The molecule has 9 heteroatoms. The molecule has 0 heterocycles. The molecule has 0 saturated heterocycles. The third kappa shape index (κ3) is 7.70. The summed E-state index contributed by atoms with van der Waals surface area (Å²) in [5, 5.41) is 7.52. The normalized spacial score (nSPS) is 11.7. The van der Waals surface area contributed by atoms with E-state index in [2.05, 4.69) is 21.8 Å². The monoisotopic (exact) mass is 489 g/mol. The molecule has 0 bridgehead atoms. The number of hydrogen-bond acceptors (Lipinski definition) is 5. The van der Waals surface area contributed by atoms with Gasteiger partial charge >= 0.3 is 0 Å². The van der Waals surface area contributed by atoms with Crippen LogP contribution in [0.25, 0.3) is 0 Å². The molecule has 0 aromatic heterocycles. The number of hydrogen-bond donors (Lipinski definition) is 2. The van der Waals surface area contributed by atoms with E-state index in [1.54, 1.807) is 36.4 Å². The molecular weight excluding hydrogens is 465 g/mol. The first kappa shape index (κ1) is 26.0. The predicted octanol–water partition coefficient (Wildman–Crippen LogP) is 4.31. The van der Waals surface area contributed by atoms with Crippen LogP contribution >= 0.6 is 23.2 Å². The Kier molecular flexibility index (Phi) is 10.0. The van der Waals surface area contributed by atoms with E-state index < -0.39 is 11.9 Å². The summed E-state index contributed by atoms with van der Waals surface area (Å²) >= 11 is 12.1. The second kappa shape index (κ2) is 12.7. The van der Waals surface area contributed by atoms with E-state index in [1.165, 1.54) is 6.21 Å². The number of nitrogens with zero attached hydrogens (tertiary/aromatic N) is 1. The topological polar surface area (TPSA) is 89.0 Å². The number of rotatable bonds is 10. The molecule has 0 spiro atoms. The minimum atomic E-state index is -0.799. The van der Waals surface area contributed by atoms with E-state index >= 15 is 0 Å². The van der Waals surface area contributed by atoms with E-state index in [9.17, 15) is 9.59 Å². The Morgan fingerprint density at radius 2 is 1.88 bits per heavy atom. The average molecular weight is 490 g/mol. The van der Waals surface area contributed by atoms with E-state index in [1.807, 2.05) is 20.8 Å². The number of ether oxygens (including phenoxy) is 2. The first-order valence-electron chi connectivity index (χ1n) is 10.2. The molecule has 33 heavy (non-hydrogen) atoms. The molecule has 0 fully saturated rings. The molecule has 2 N–H and O–H groups in total. The lowest BCUT2D eigenvalue weighted by atomic mass is 10.0. The molecule has 7 nitrogen and oxygen atoms in total. The van der Waals surface area contributed by atoms with Crippen molar-refractivity contribution in [3.8, 4) is 23.8 Å². The smallest absolute Gasteiger partial charge is 0.262 e. The van der Waals surface area contributed by atoms with Crippen molar-refractivity contribution in [3.05, 3.63) is 57.6 Å². The minimum Gasteiger partial charge on any atom is -0.490 e. The first-order valence-corrected chi connectivity index (χ1v) is 10.9. The molecule has 0 saturated carbocycles. The maximum atomic E-state index is 12.7. The highest BCUT2D eigenvalue weighted by Gasteiger charge is 2.24. The van der Waals surface area contributed by atoms with Crippen LogP contribution in [0, 0.1) is 18.3 Å². The van der Waals surface area contributed by atoms with Gasteiger partial charge in [0.1, 0.15) is 12.6 Å². The third-order valence-corrected chi connectivity index (χ3v) is 4.89. The summed E-state index contributed by atoms with van der Waals surface area (Å²) in [6.07, 6.45) is 6.65. The molecule has 1 atom stereocenters. The van der Waals surface area contributed by atoms with Gasteiger partial charge in [-0.2, -0.15) is 5.10 Å². The van der Waals surface area contributed by atoms with Crippen molar-refractivity contribution in [1.82, 2.24) is 10.7 Å². The SMILES string of the molecule is C#CCOc1c(Cl)cc(/C=N/NC(=O)C(NC(=O)c2ccc(Cl)cc2)C(C)C)cc1OCC. The summed E-state index contributed by atoms with van der Waals surface area (Å²) in [5.74, 6) is 2.08. The molecule has 2 rings (SSSR count). The second-order valence-electron chi connectivity index (χ2n) is 7.19. The van der Waals surface area contributed by atoms with Crippen LogP contribution < -0.4 is 20.2 Å². The quantitative estimate of drug-likeness (QED) is 0.295. The van der Waals surface area contributed by atoms with E-state index in [-0.39, 0.29) is 18.4 Å². The Hall–Kier alpha value is -3.21. The van der Waals surface area contributed by atoms with Crippen molar-refractivity contribution >= 4 is 41.2 Å². The third-order valence-electron chi connectivity index (χ3n) is 4.36. The number of hydrazone groups is 1. The second-order valence-corrected chi connectivity index (χ2v) is 8.04. The highest BCUT2D eigenvalue weighted by molar-refractivity contribution is 6.32. The van der Waals surface area contributed by atoms with E-state index in [0.717, 1.165) is 0 Å². The van der Waals surface area contributed by atoms with E-state index in [0.29, 0.717) is 39.3 Å². The summed E-state index contributed by atoms with van der Waals surface area (Å²) in [5.41, 5.74) is 3.42. The van der Waals surface area contributed by atoms with Crippen LogP contribution in [0.2, 0.25) is 10.0 Å². The largest absolute Gasteiger partial charge is 0.490 e. The Morgan fingerprint density at radius 3 is 2.48 bits per heavy atom. The van der Waals surface area contributed by atoms with Crippen molar-refractivity contribution in [3.63, 3.8) is 0 Å². The average Bonchev–Trinajstić information content (AvgIpc) is 2.77. The summed E-state index contributed by atoms with van der Waals surface area (Å²) in [4.78, 5) is 25.1. The molecule has 1 unspecified atom stereocenters. The zero-order valence-corrected chi connectivity index (χ0v) is 20.0. The Balaban J connectivity index is 2.10. The number of amides is 2. The summed E-state index contributed by atoms with van der Waals surface area (Å²) in [6, 6.07) is 8.86. The molecule has 0 aliphatic heterocycles. The minimum absolute atomic E-state index is 0.0433. The molecule has 2 amide bonds. The lowest BCUT2D eigenvalue weighted by Gasteiger charge is -2.20. The van der Waals surface area contributed by atoms with Crippen molar-refractivity contribution < 1.29 is 19.1 Å². The molecule has 0 aliphatic rings. The molecule has 0 radical (unpaired) electrons. The standard InChI is InChI=1S/C24H25Cl2N3O4/c1-5-11-33-22-19(26)12-16(13-20(22)32-6-2)14-27-29-24(31)21(15(3)4)28-23(30)17-7-9-18(25)10-8-17/h1,7-10,12-15,21H,6,11H2,2-4H3,(H,28,30)(H,29,31)/b27-14+. The van der Waals surface area contributed by atoms with Gasteiger partial charge in [-0.1, -0.05) is 43.0 Å². The maximum absolute atomic E-state index is 12.7. The van der Waals surface area contributed by atoms with Crippen LogP contribution in [-0.2, 0) is 4.79 Å². The van der Waals surface area contributed by atoms with Crippen LogP contribution in [0.1, 0.15) is 36.7 Å². The number of carbonyl (C=O) groups is 2. The fourth-order valence-corrected chi connectivity index (χ4v) is 3.18. The predicted molar refractivity (Wildman–Crippen MR) is 130 cm³/mol. The Labute approximate surface area is 203 Å². The van der Waals surface area contributed by atoms with Crippen molar-refractivity contribution in [2.24, 2.45) is 11.0 Å². The van der Waals surface area contributed by atoms with Crippen LogP contribution in [-0.4, -0.2) is 37.3 Å². The van der Waals surface area contributed by atoms with Gasteiger partial charge in [0.15, 0.2) is 11.5 Å². The van der Waals surface area contributed by atoms with Gasteiger partial charge in [0.25, 0.3) is 11.8 Å². The lowest BCUT2D eigenvalue weighted by molar-refractivity contribution is -0.123. The number of benzene rings is 2. The van der Waals surface area contributed by atoms with Crippen LogP contribution in [0.15, 0.2) is 41.5 Å². The van der Waals surface area contributed by atoms with Gasteiger partial charge in [-0.25, -0.2) is 5.43 Å². The Morgan fingerprint density at radius 1 is 1.18 bits per heavy atom. The van der Waals surface area contributed by atoms with Crippen LogP contribution in [0.3, 0.4) is 0 Å². The van der Waals surface area contributed by atoms with Gasteiger partial charge in [-0.3, -0.25) is 9.59 Å². The van der Waals surface area contributed by atoms with E-state index in [4.69, 9.17) is 39.1 Å². The zero-order chi connectivity index (χ0) is 24.4. The number of halogens is 2. The zero-order valence-electron chi connectivity index (χ0n) is 18.5. The fraction of sp³-hybridized carbons (Fsp3) is 0.292. The summed E-state index contributed by atoms with van der Waals surface area (Å²) in [6.45, 7) is 5.90. The van der Waals surface area contributed by atoms with Gasteiger partial charge in [0, 0.05) is 10.6 Å². The Bertz CT molecular complexity index is 1050. The molecule has 2 aromatic rings. The molecule has 174 valence electrons. The highest BCUT2D eigenvalue weighted by atomic mass is 35.5. The van der Waals surface area contributed by atoms with Crippen LogP contribution in [0.4, 0.5) is 0 Å². The van der Waals surface area contributed by atoms with Crippen LogP contribution in [0.5, 0.6) is 11.5 Å². The molecular formula is C24H25Cl2N3O4. The lowest BCUT2D eigenvalue weighted by Crippen LogP contribution is -2.48. The molecule has 2 aromatic carbocycles. The van der Waals surface area contributed by atoms with Gasteiger partial charge < -0.3 is 14.8 Å². The van der Waals surface area contributed by atoms with Crippen molar-refractivity contribution in [1.29, 1.82) is 0 Å². The van der Waals surface area contributed by atoms with Crippen molar-refractivity contribution in [2.75, 3.05) is 13.2 Å². The maximum Gasteiger partial charge on any atom is 0.262 e. The number of terminal acetylenes is 1. The molecule has 0 aliphatic carbocycles. The van der Waals surface area contributed by atoms with Gasteiger partial charge in [-0.05, 0) is 54.8 Å². The highest BCUT2D eigenvalue weighted by Crippen LogP contribution is 2.36. The first-order chi connectivity index (χ1) is 15.8. The van der Waals surface area contributed by atoms with Gasteiger partial charge in [-0.15, -0.1) is 6.42 Å². The fourth-order valence-electron chi connectivity index (χ4n) is 2.78. The van der Waals surface area contributed by atoms with Crippen molar-refractivity contribution in [2.45, 2.75) is 26.8 Å². The number of nitrogens with one attached hydrogen (secondary N) is 2. The van der Waals surface area contributed by atoms with Gasteiger partial charge in [0.2, 0.25) is 0 Å². The summed E-state index contributed by atoms with van der Waals surface area (Å²) < 4.78 is 11.0.